The van der Waals surface area contributed by atoms with E-state index in [2.05, 4.69) is 56.6 Å². The molecule has 1 aliphatic rings. The zero-order valence-electron chi connectivity index (χ0n) is 19.9. The van der Waals surface area contributed by atoms with Crippen LogP contribution in [0, 0.1) is 10.8 Å². The Morgan fingerprint density at radius 1 is 0.912 bits per heavy atom. The lowest BCUT2D eigenvalue weighted by atomic mass is 10.1. The molecule has 0 saturated carbocycles. The monoisotopic (exact) mass is 466 g/mol. The van der Waals surface area contributed by atoms with Crippen LogP contribution in [-0.4, -0.2) is 57.1 Å². The first-order valence-electron chi connectivity index (χ1n) is 12.2. The molecular formula is C25H38N8O. The quantitative estimate of drug-likeness (QED) is 0.137. The number of unbranched alkanes of at least 4 members (excludes halogenated alkanes) is 4. The third-order valence-corrected chi connectivity index (χ3v) is 5.63. The lowest BCUT2D eigenvalue weighted by Crippen LogP contribution is -2.38. The van der Waals surface area contributed by atoms with Crippen LogP contribution >= 0.6 is 0 Å². The summed E-state index contributed by atoms with van der Waals surface area (Å²) in [5.74, 6) is 2.18. The van der Waals surface area contributed by atoms with Crippen LogP contribution in [0.2, 0.25) is 0 Å². The van der Waals surface area contributed by atoms with Gasteiger partial charge in [0.25, 0.3) is 0 Å². The van der Waals surface area contributed by atoms with Crippen LogP contribution in [0.3, 0.4) is 0 Å². The second-order valence-electron chi connectivity index (χ2n) is 8.42. The molecule has 0 saturated heterocycles. The molecule has 2 aromatic rings. The van der Waals surface area contributed by atoms with E-state index in [1.165, 1.54) is 0 Å². The molecule has 8 N–H and O–H groups in total. The molecule has 1 heterocycles. The number of hydrogen-bond acceptors (Lipinski definition) is 5. The molecule has 0 radical (unpaired) electrons. The van der Waals surface area contributed by atoms with E-state index in [9.17, 15) is 0 Å². The van der Waals surface area contributed by atoms with Gasteiger partial charge in [0.15, 0.2) is 11.9 Å². The van der Waals surface area contributed by atoms with Crippen LogP contribution in [0.15, 0.2) is 41.4 Å². The minimum atomic E-state index is 0.0372. The summed E-state index contributed by atoms with van der Waals surface area (Å²) in [6, 6.07) is 12.5. The zero-order valence-corrected chi connectivity index (χ0v) is 19.9. The van der Waals surface area contributed by atoms with E-state index in [0.29, 0.717) is 19.1 Å². The van der Waals surface area contributed by atoms with Gasteiger partial charge >= 0.3 is 0 Å². The van der Waals surface area contributed by atoms with Gasteiger partial charge in [0.05, 0.1) is 6.54 Å². The third-order valence-electron chi connectivity index (χ3n) is 5.63. The summed E-state index contributed by atoms with van der Waals surface area (Å²) in [5, 5.41) is 29.7. The predicted octanol–water partition coefficient (Wildman–Crippen LogP) is 2.51. The van der Waals surface area contributed by atoms with Crippen molar-refractivity contribution in [3.63, 3.8) is 0 Å². The summed E-state index contributed by atoms with van der Waals surface area (Å²) < 4.78 is 5.87. The number of benzene rings is 2. The summed E-state index contributed by atoms with van der Waals surface area (Å²) in [6.07, 6.45) is 6.53. The molecule has 9 heteroatoms. The summed E-state index contributed by atoms with van der Waals surface area (Å²) >= 11 is 0. The summed E-state index contributed by atoms with van der Waals surface area (Å²) in [5.41, 5.74) is 6.37. The van der Waals surface area contributed by atoms with Crippen molar-refractivity contribution in [3.05, 3.63) is 42.0 Å². The SMILES string of the molecule is N=C(N)NCCCCCCCNC(=N)NCCOc1ccc2cc(C3=NCCCN3)ccc2c1. The zero-order chi connectivity index (χ0) is 24.0. The highest BCUT2D eigenvalue weighted by Crippen LogP contribution is 2.22. The number of aliphatic imine (C=N–C) groups is 1. The fraction of sp³-hybridized carbons (Fsp3) is 0.480. The molecule has 0 atom stereocenters. The van der Waals surface area contributed by atoms with Crippen molar-refractivity contribution in [2.24, 2.45) is 10.7 Å². The third kappa shape index (κ3) is 8.80. The number of guanidine groups is 2. The Morgan fingerprint density at radius 2 is 1.62 bits per heavy atom. The molecule has 34 heavy (non-hydrogen) atoms. The molecule has 0 spiro atoms. The Bertz CT molecular complexity index is 975. The number of hydrogen-bond donors (Lipinski definition) is 7. The van der Waals surface area contributed by atoms with Crippen LogP contribution in [0.1, 0.15) is 44.1 Å². The Kier molecular flexibility index (Phi) is 10.3. The second-order valence-corrected chi connectivity index (χ2v) is 8.42. The van der Waals surface area contributed by atoms with Gasteiger partial charge < -0.3 is 31.7 Å². The molecule has 0 unspecified atom stereocenters. The standard InChI is InChI=1S/C25H38N8O/c26-24(27)31-11-4-2-1-3-5-12-32-25(28)33-15-16-34-22-10-9-19-17-21(8-7-20(19)18-22)23-29-13-6-14-30-23/h7-10,17-18H,1-6,11-16H2,(H,29,30)(H4,26,27,31)(H3,28,32,33). The van der Waals surface area contributed by atoms with Crippen molar-refractivity contribution in [1.29, 1.82) is 10.8 Å². The van der Waals surface area contributed by atoms with E-state index in [-0.39, 0.29) is 5.96 Å². The van der Waals surface area contributed by atoms with E-state index < -0.39 is 0 Å². The maximum Gasteiger partial charge on any atom is 0.188 e. The minimum absolute atomic E-state index is 0.0372. The molecule has 0 fully saturated rings. The van der Waals surface area contributed by atoms with Gasteiger partial charge in [-0.2, -0.15) is 0 Å². The van der Waals surface area contributed by atoms with Crippen LogP contribution in [0.25, 0.3) is 10.8 Å². The van der Waals surface area contributed by atoms with Crippen molar-refractivity contribution in [2.75, 3.05) is 39.3 Å². The van der Waals surface area contributed by atoms with Gasteiger partial charge in [0.2, 0.25) is 0 Å². The highest BCUT2D eigenvalue weighted by Gasteiger charge is 2.08. The molecule has 0 amide bonds. The van der Waals surface area contributed by atoms with E-state index in [1.807, 2.05) is 6.07 Å². The first-order chi connectivity index (χ1) is 16.6. The predicted molar refractivity (Wildman–Crippen MR) is 140 cm³/mol. The first kappa shape index (κ1) is 25.1. The summed E-state index contributed by atoms with van der Waals surface area (Å²) in [4.78, 5) is 4.57. The van der Waals surface area contributed by atoms with E-state index in [4.69, 9.17) is 21.3 Å². The Labute approximate surface area is 202 Å². The Morgan fingerprint density at radius 3 is 2.38 bits per heavy atom. The number of nitrogens with zero attached hydrogens (tertiary/aromatic N) is 1. The average molecular weight is 467 g/mol. The molecule has 2 aromatic carbocycles. The van der Waals surface area contributed by atoms with Crippen molar-refractivity contribution in [3.8, 4) is 5.75 Å². The fourth-order valence-electron chi connectivity index (χ4n) is 3.81. The highest BCUT2D eigenvalue weighted by atomic mass is 16.5. The fourth-order valence-corrected chi connectivity index (χ4v) is 3.81. The Balaban J connectivity index is 1.27. The minimum Gasteiger partial charge on any atom is -0.492 e. The van der Waals surface area contributed by atoms with Gasteiger partial charge in [-0.25, -0.2) is 0 Å². The molecule has 0 aliphatic carbocycles. The van der Waals surface area contributed by atoms with Gasteiger partial charge in [0, 0.05) is 31.7 Å². The number of ether oxygens (including phenoxy) is 1. The van der Waals surface area contributed by atoms with Crippen molar-refractivity contribution >= 4 is 28.5 Å². The molecule has 3 rings (SSSR count). The molecule has 1 aliphatic heterocycles. The lowest BCUT2D eigenvalue weighted by Gasteiger charge is -2.15. The largest absolute Gasteiger partial charge is 0.492 e. The number of rotatable bonds is 13. The summed E-state index contributed by atoms with van der Waals surface area (Å²) in [6.45, 7) is 4.47. The van der Waals surface area contributed by atoms with Gasteiger partial charge in [0.1, 0.15) is 18.2 Å². The topological polar surface area (TPSA) is 143 Å². The first-order valence-corrected chi connectivity index (χ1v) is 12.2. The van der Waals surface area contributed by atoms with Gasteiger partial charge in [-0.1, -0.05) is 37.5 Å². The maximum atomic E-state index is 7.96. The molecule has 184 valence electrons. The highest BCUT2D eigenvalue weighted by molar-refractivity contribution is 6.02. The van der Waals surface area contributed by atoms with Crippen LogP contribution in [0.5, 0.6) is 5.75 Å². The summed E-state index contributed by atoms with van der Waals surface area (Å²) in [7, 11) is 0. The normalized spacial score (nSPS) is 13.0. The molecule has 9 nitrogen and oxygen atoms in total. The van der Waals surface area contributed by atoms with Crippen LogP contribution in [0.4, 0.5) is 0 Å². The number of nitrogens with two attached hydrogens (primary N) is 1. The Hall–Kier alpha value is -3.49. The maximum absolute atomic E-state index is 7.96. The van der Waals surface area contributed by atoms with E-state index in [0.717, 1.165) is 92.6 Å². The molecular weight excluding hydrogens is 428 g/mol. The lowest BCUT2D eigenvalue weighted by molar-refractivity contribution is 0.322. The van der Waals surface area contributed by atoms with Gasteiger partial charge in [-0.15, -0.1) is 0 Å². The van der Waals surface area contributed by atoms with Gasteiger partial charge in [-0.3, -0.25) is 15.8 Å². The van der Waals surface area contributed by atoms with Crippen LogP contribution < -0.4 is 31.7 Å². The van der Waals surface area contributed by atoms with Crippen molar-refractivity contribution in [1.82, 2.24) is 21.3 Å². The molecule has 0 bridgehead atoms. The van der Waals surface area contributed by atoms with Crippen molar-refractivity contribution < 1.29 is 4.74 Å². The number of nitrogens with one attached hydrogen (secondary N) is 6. The number of fused-ring (bicyclic) bond motifs is 1. The van der Waals surface area contributed by atoms with Crippen LogP contribution in [-0.2, 0) is 0 Å². The second kappa shape index (κ2) is 13.9. The average Bonchev–Trinajstić information content (AvgIpc) is 2.85. The smallest absolute Gasteiger partial charge is 0.188 e. The van der Waals surface area contributed by atoms with Crippen molar-refractivity contribution in [2.45, 2.75) is 38.5 Å². The van der Waals surface area contributed by atoms with E-state index in [1.54, 1.807) is 0 Å². The molecule has 0 aromatic heterocycles. The van der Waals surface area contributed by atoms with Gasteiger partial charge in [-0.05, 0) is 48.2 Å². The number of amidine groups is 1. The van der Waals surface area contributed by atoms with E-state index >= 15 is 0 Å².